The first-order valence-corrected chi connectivity index (χ1v) is 6.90. The SMILES string of the molecule is Cc1cc(C[C@@H]2CN(C(=O)c3cn(C)cn3)C[C@@H]2O)on1. The highest BCUT2D eigenvalue weighted by molar-refractivity contribution is 5.92. The Labute approximate surface area is 122 Å². The Morgan fingerprint density at radius 1 is 1.52 bits per heavy atom. The molecule has 0 aromatic carbocycles. The topological polar surface area (TPSA) is 84.4 Å². The van der Waals surface area contributed by atoms with E-state index in [9.17, 15) is 9.90 Å². The van der Waals surface area contributed by atoms with E-state index in [4.69, 9.17) is 4.52 Å². The summed E-state index contributed by atoms with van der Waals surface area (Å²) in [5.74, 6) is 0.555. The molecule has 2 atom stereocenters. The minimum Gasteiger partial charge on any atom is -0.391 e. The van der Waals surface area contributed by atoms with Gasteiger partial charge in [-0.2, -0.15) is 0 Å². The molecule has 0 spiro atoms. The van der Waals surface area contributed by atoms with Crippen molar-refractivity contribution in [1.29, 1.82) is 0 Å². The van der Waals surface area contributed by atoms with E-state index in [1.54, 1.807) is 22.0 Å². The molecule has 112 valence electrons. The van der Waals surface area contributed by atoms with Gasteiger partial charge in [0, 0.05) is 44.7 Å². The van der Waals surface area contributed by atoms with Crippen molar-refractivity contribution < 1.29 is 14.4 Å². The first-order chi connectivity index (χ1) is 10.0. The van der Waals surface area contributed by atoms with Gasteiger partial charge in [-0.1, -0.05) is 5.16 Å². The van der Waals surface area contributed by atoms with Crippen molar-refractivity contribution in [2.75, 3.05) is 13.1 Å². The molecule has 0 unspecified atom stereocenters. The average Bonchev–Trinajstić information content (AvgIpc) is 3.12. The smallest absolute Gasteiger partial charge is 0.274 e. The Morgan fingerprint density at radius 3 is 2.95 bits per heavy atom. The second-order valence-corrected chi connectivity index (χ2v) is 5.60. The minimum absolute atomic E-state index is 0.0370. The van der Waals surface area contributed by atoms with Crippen molar-refractivity contribution in [3.05, 3.63) is 35.7 Å². The highest BCUT2D eigenvalue weighted by atomic mass is 16.5. The van der Waals surface area contributed by atoms with E-state index in [0.29, 0.717) is 25.2 Å². The summed E-state index contributed by atoms with van der Waals surface area (Å²) in [7, 11) is 1.82. The molecule has 0 radical (unpaired) electrons. The van der Waals surface area contributed by atoms with Gasteiger partial charge in [0.25, 0.3) is 5.91 Å². The second-order valence-electron chi connectivity index (χ2n) is 5.60. The van der Waals surface area contributed by atoms with E-state index < -0.39 is 6.10 Å². The van der Waals surface area contributed by atoms with Gasteiger partial charge < -0.3 is 19.1 Å². The number of hydrogen-bond donors (Lipinski definition) is 1. The number of nitrogens with zero attached hydrogens (tertiary/aromatic N) is 4. The summed E-state index contributed by atoms with van der Waals surface area (Å²) >= 11 is 0. The standard InChI is InChI=1S/C14H18N4O3/c1-9-3-11(21-16-9)4-10-5-18(7-13(10)19)14(20)12-6-17(2)8-15-12/h3,6,8,10,13,19H,4-5,7H2,1-2H3/t10-,13+/m1/s1. The molecule has 2 aromatic rings. The number of β-amino-alcohol motifs (C(OH)–C–C–N with tert-alkyl or cyclic N) is 1. The van der Waals surface area contributed by atoms with E-state index >= 15 is 0 Å². The molecule has 1 saturated heterocycles. The van der Waals surface area contributed by atoms with Crippen LogP contribution >= 0.6 is 0 Å². The summed E-state index contributed by atoms with van der Waals surface area (Å²) in [6.45, 7) is 2.68. The summed E-state index contributed by atoms with van der Waals surface area (Å²) in [6.07, 6.45) is 3.30. The molecule has 1 fully saturated rings. The monoisotopic (exact) mass is 290 g/mol. The zero-order chi connectivity index (χ0) is 15.0. The van der Waals surface area contributed by atoms with Gasteiger partial charge >= 0.3 is 0 Å². The third-order valence-corrected chi connectivity index (χ3v) is 3.76. The van der Waals surface area contributed by atoms with Gasteiger partial charge in [0.1, 0.15) is 11.5 Å². The van der Waals surface area contributed by atoms with Crippen LogP contribution in [0.15, 0.2) is 23.1 Å². The lowest BCUT2D eigenvalue weighted by molar-refractivity contribution is 0.0759. The van der Waals surface area contributed by atoms with Crippen LogP contribution in [-0.4, -0.2) is 49.8 Å². The Bertz CT molecular complexity index is 648. The molecular formula is C14H18N4O3. The Kier molecular flexibility index (Phi) is 3.50. The maximum absolute atomic E-state index is 12.3. The van der Waals surface area contributed by atoms with E-state index in [2.05, 4.69) is 10.1 Å². The van der Waals surface area contributed by atoms with Crippen LogP contribution in [0.25, 0.3) is 0 Å². The molecule has 2 aromatic heterocycles. The van der Waals surface area contributed by atoms with Crippen LogP contribution in [0, 0.1) is 12.8 Å². The number of aryl methyl sites for hydroxylation is 2. The highest BCUT2D eigenvalue weighted by Crippen LogP contribution is 2.23. The normalized spacial score (nSPS) is 22.0. The van der Waals surface area contributed by atoms with Gasteiger partial charge in [-0.3, -0.25) is 4.79 Å². The maximum Gasteiger partial charge on any atom is 0.274 e. The van der Waals surface area contributed by atoms with Crippen LogP contribution in [0.3, 0.4) is 0 Å². The number of aliphatic hydroxyl groups is 1. The lowest BCUT2D eigenvalue weighted by atomic mass is 10.0. The number of aliphatic hydroxyl groups excluding tert-OH is 1. The number of amides is 1. The van der Waals surface area contributed by atoms with Gasteiger partial charge in [0.05, 0.1) is 18.1 Å². The van der Waals surface area contributed by atoms with Crippen LogP contribution in [0.1, 0.15) is 21.9 Å². The third kappa shape index (κ3) is 2.82. The lowest BCUT2D eigenvalue weighted by Crippen LogP contribution is -2.29. The lowest BCUT2D eigenvalue weighted by Gasteiger charge is -2.14. The molecule has 3 heterocycles. The van der Waals surface area contributed by atoms with Gasteiger partial charge in [0.2, 0.25) is 0 Å². The number of rotatable bonds is 3. The van der Waals surface area contributed by atoms with Crippen molar-refractivity contribution in [3.63, 3.8) is 0 Å². The van der Waals surface area contributed by atoms with Crippen LogP contribution in [-0.2, 0) is 13.5 Å². The average molecular weight is 290 g/mol. The van der Waals surface area contributed by atoms with Crippen molar-refractivity contribution >= 4 is 5.91 Å². The highest BCUT2D eigenvalue weighted by Gasteiger charge is 2.35. The van der Waals surface area contributed by atoms with Crippen LogP contribution in [0.4, 0.5) is 0 Å². The molecule has 1 N–H and O–H groups in total. The predicted molar refractivity (Wildman–Crippen MR) is 73.6 cm³/mol. The van der Waals surface area contributed by atoms with Crippen molar-refractivity contribution in [3.8, 4) is 0 Å². The Balaban J connectivity index is 1.66. The minimum atomic E-state index is -0.553. The van der Waals surface area contributed by atoms with E-state index in [1.165, 1.54) is 0 Å². The van der Waals surface area contributed by atoms with Gasteiger partial charge in [-0.25, -0.2) is 4.98 Å². The van der Waals surface area contributed by atoms with Gasteiger partial charge in [-0.15, -0.1) is 0 Å². The molecule has 1 aliphatic heterocycles. The number of aromatic nitrogens is 3. The van der Waals surface area contributed by atoms with Gasteiger partial charge in [0.15, 0.2) is 0 Å². The van der Waals surface area contributed by atoms with Gasteiger partial charge in [-0.05, 0) is 6.92 Å². The van der Waals surface area contributed by atoms with E-state index in [0.717, 1.165) is 11.5 Å². The summed E-state index contributed by atoms with van der Waals surface area (Å²) in [4.78, 5) is 18.0. The summed E-state index contributed by atoms with van der Waals surface area (Å²) in [5.41, 5.74) is 1.22. The fourth-order valence-corrected chi connectivity index (χ4v) is 2.68. The Hall–Kier alpha value is -2.15. The first kappa shape index (κ1) is 13.8. The predicted octanol–water partition coefficient (Wildman–Crippen LogP) is 0.392. The van der Waals surface area contributed by atoms with Crippen LogP contribution < -0.4 is 0 Å². The number of imidazole rings is 1. The molecule has 0 saturated carbocycles. The Morgan fingerprint density at radius 2 is 2.33 bits per heavy atom. The van der Waals surface area contributed by atoms with E-state index in [1.807, 2.05) is 20.0 Å². The summed E-state index contributed by atoms with van der Waals surface area (Å²) < 4.78 is 6.91. The molecule has 7 heteroatoms. The molecule has 1 amide bonds. The number of likely N-dealkylation sites (tertiary alicyclic amines) is 1. The molecule has 7 nitrogen and oxygen atoms in total. The van der Waals surface area contributed by atoms with E-state index in [-0.39, 0.29) is 11.8 Å². The molecule has 3 rings (SSSR count). The molecule has 0 bridgehead atoms. The molecule has 21 heavy (non-hydrogen) atoms. The number of carbonyl (C=O) groups excluding carboxylic acids is 1. The van der Waals surface area contributed by atoms with Crippen LogP contribution in [0.2, 0.25) is 0 Å². The molecular weight excluding hydrogens is 272 g/mol. The van der Waals surface area contributed by atoms with Crippen molar-refractivity contribution in [2.45, 2.75) is 19.4 Å². The fourth-order valence-electron chi connectivity index (χ4n) is 2.68. The zero-order valence-corrected chi connectivity index (χ0v) is 12.1. The second kappa shape index (κ2) is 5.33. The molecule has 0 aliphatic carbocycles. The fraction of sp³-hybridized carbons (Fsp3) is 0.500. The van der Waals surface area contributed by atoms with Crippen LogP contribution in [0.5, 0.6) is 0 Å². The quantitative estimate of drug-likeness (QED) is 0.884. The summed E-state index contributed by atoms with van der Waals surface area (Å²) in [6, 6.07) is 1.86. The largest absolute Gasteiger partial charge is 0.391 e. The zero-order valence-electron chi connectivity index (χ0n) is 12.1. The number of carbonyl (C=O) groups is 1. The summed E-state index contributed by atoms with van der Waals surface area (Å²) in [5, 5.41) is 14.0. The first-order valence-electron chi connectivity index (χ1n) is 6.90. The van der Waals surface area contributed by atoms with Crippen molar-refractivity contribution in [2.24, 2.45) is 13.0 Å². The third-order valence-electron chi connectivity index (χ3n) is 3.76. The molecule has 1 aliphatic rings. The maximum atomic E-state index is 12.3. The van der Waals surface area contributed by atoms with Crippen molar-refractivity contribution in [1.82, 2.24) is 19.6 Å². The number of hydrogen-bond acceptors (Lipinski definition) is 5.